The first kappa shape index (κ1) is 15.1. The molecule has 1 aliphatic heterocycles. The lowest BCUT2D eigenvalue weighted by atomic mass is 10.1. The van der Waals surface area contributed by atoms with Crippen LogP contribution in [0.25, 0.3) is 0 Å². The van der Waals surface area contributed by atoms with Gasteiger partial charge in [0.15, 0.2) is 0 Å². The first-order valence-electron chi connectivity index (χ1n) is 8.28. The summed E-state index contributed by atoms with van der Waals surface area (Å²) in [5.74, 6) is 1.13. The third-order valence-electron chi connectivity index (χ3n) is 4.48. The van der Waals surface area contributed by atoms with Crippen molar-refractivity contribution in [3.8, 4) is 0 Å². The van der Waals surface area contributed by atoms with E-state index in [0.29, 0.717) is 0 Å². The van der Waals surface area contributed by atoms with E-state index < -0.39 is 0 Å². The highest BCUT2D eigenvalue weighted by Gasteiger charge is 2.31. The van der Waals surface area contributed by atoms with Gasteiger partial charge in [-0.15, -0.1) is 0 Å². The van der Waals surface area contributed by atoms with Crippen LogP contribution >= 0.6 is 0 Å². The van der Waals surface area contributed by atoms with Crippen LogP contribution in [0.3, 0.4) is 0 Å². The average Bonchev–Trinajstić information content (AvgIpc) is 3.18. The average molecular weight is 291 g/mol. The SMILES string of the molecule is CC(C)(C)NCc1ccoc1CN1CCN(C2CC2)CC1. The summed E-state index contributed by atoms with van der Waals surface area (Å²) >= 11 is 0. The van der Waals surface area contributed by atoms with Crippen LogP contribution in [0.5, 0.6) is 0 Å². The van der Waals surface area contributed by atoms with E-state index in [4.69, 9.17) is 4.42 Å². The molecule has 118 valence electrons. The second kappa shape index (κ2) is 6.11. The van der Waals surface area contributed by atoms with Gasteiger partial charge in [-0.25, -0.2) is 0 Å². The molecule has 2 heterocycles. The fourth-order valence-electron chi connectivity index (χ4n) is 2.95. The van der Waals surface area contributed by atoms with Gasteiger partial charge in [-0.2, -0.15) is 0 Å². The Balaban J connectivity index is 1.50. The smallest absolute Gasteiger partial charge is 0.122 e. The van der Waals surface area contributed by atoms with Crippen LogP contribution < -0.4 is 5.32 Å². The molecule has 0 aromatic carbocycles. The van der Waals surface area contributed by atoms with Crippen LogP contribution in [0.2, 0.25) is 0 Å². The third kappa shape index (κ3) is 4.31. The van der Waals surface area contributed by atoms with E-state index in [0.717, 1.165) is 24.9 Å². The molecular weight excluding hydrogens is 262 g/mol. The van der Waals surface area contributed by atoms with Crippen LogP contribution in [0.1, 0.15) is 44.9 Å². The highest BCUT2D eigenvalue weighted by atomic mass is 16.3. The molecule has 2 fully saturated rings. The Bertz CT molecular complexity index is 451. The van der Waals surface area contributed by atoms with Gasteiger partial charge in [-0.3, -0.25) is 9.80 Å². The Morgan fingerprint density at radius 3 is 2.52 bits per heavy atom. The number of furan rings is 1. The van der Waals surface area contributed by atoms with E-state index >= 15 is 0 Å². The van der Waals surface area contributed by atoms with Gasteiger partial charge in [0.2, 0.25) is 0 Å². The Morgan fingerprint density at radius 1 is 1.19 bits per heavy atom. The van der Waals surface area contributed by atoms with Gasteiger partial charge >= 0.3 is 0 Å². The van der Waals surface area contributed by atoms with E-state index in [1.54, 1.807) is 0 Å². The first-order chi connectivity index (χ1) is 10.0. The molecule has 4 heteroatoms. The van der Waals surface area contributed by atoms with Crippen molar-refractivity contribution >= 4 is 0 Å². The van der Waals surface area contributed by atoms with Crippen molar-refractivity contribution < 1.29 is 4.42 Å². The van der Waals surface area contributed by atoms with Crippen LogP contribution in [0, 0.1) is 0 Å². The van der Waals surface area contributed by atoms with E-state index in [9.17, 15) is 0 Å². The standard InChI is InChI=1S/C17H29N3O/c1-17(2,3)18-12-14-6-11-21-16(14)13-19-7-9-20(10-8-19)15-4-5-15/h6,11,15,18H,4-5,7-10,12-13H2,1-3H3. The minimum atomic E-state index is 0.143. The van der Waals surface area contributed by atoms with Gasteiger partial charge in [0.25, 0.3) is 0 Å². The zero-order valence-corrected chi connectivity index (χ0v) is 13.7. The highest BCUT2D eigenvalue weighted by Crippen LogP contribution is 2.27. The maximum Gasteiger partial charge on any atom is 0.122 e. The molecule has 0 unspecified atom stereocenters. The zero-order chi connectivity index (χ0) is 14.9. The summed E-state index contributed by atoms with van der Waals surface area (Å²) in [5.41, 5.74) is 1.44. The van der Waals surface area contributed by atoms with E-state index in [2.05, 4.69) is 42.0 Å². The molecule has 0 atom stereocenters. The molecule has 21 heavy (non-hydrogen) atoms. The summed E-state index contributed by atoms with van der Waals surface area (Å²) in [6.07, 6.45) is 4.66. The Morgan fingerprint density at radius 2 is 1.90 bits per heavy atom. The molecule has 4 nitrogen and oxygen atoms in total. The van der Waals surface area contributed by atoms with Gasteiger partial charge < -0.3 is 9.73 Å². The summed E-state index contributed by atoms with van der Waals surface area (Å²) in [5, 5.41) is 3.55. The lowest BCUT2D eigenvalue weighted by Gasteiger charge is -2.34. The van der Waals surface area contributed by atoms with Crippen molar-refractivity contribution in [2.24, 2.45) is 0 Å². The largest absolute Gasteiger partial charge is 0.468 e. The monoisotopic (exact) mass is 291 g/mol. The van der Waals surface area contributed by atoms with Gasteiger partial charge in [0.05, 0.1) is 12.8 Å². The van der Waals surface area contributed by atoms with Crippen LogP contribution in [-0.2, 0) is 13.1 Å². The lowest BCUT2D eigenvalue weighted by Crippen LogP contribution is -2.46. The molecule has 1 saturated carbocycles. The minimum absolute atomic E-state index is 0.143. The fraction of sp³-hybridized carbons (Fsp3) is 0.765. The third-order valence-corrected chi connectivity index (χ3v) is 4.48. The minimum Gasteiger partial charge on any atom is -0.468 e. The van der Waals surface area contributed by atoms with Crippen molar-refractivity contribution in [2.45, 2.75) is 58.3 Å². The molecule has 0 bridgehead atoms. The van der Waals surface area contributed by atoms with Crippen molar-refractivity contribution in [1.29, 1.82) is 0 Å². The van der Waals surface area contributed by atoms with Crippen molar-refractivity contribution in [3.63, 3.8) is 0 Å². The van der Waals surface area contributed by atoms with Crippen molar-refractivity contribution in [3.05, 3.63) is 23.7 Å². The Hall–Kier alpha value is -0.840. The quantitative estimate of drug-likeness (QED) is 0.903. The topological polar surface area (TPSA) is 31.7 Å². The van der Waals surface area contributed by atoms with Crippen molar-refractivity contribution in [2.75, 3.05) is 26.2 Å². The number of nitrogens with zero attached hydrogens (tertiary/aromatic N) is 2. The van der Waals surface area contributed by atoms with E-state index in [-0.39, 0.29) is 5.54 Å². The van der Waals surface area contributed by atoms with E-state index in [1.165, 1.54) is 44.6 Å². The normalized spacial score (nSPS) is 21.9. The maximum atomic E-state index is 5.72. The molecule has 1 N–H and O–H groups in total. The van der Waals surface area contributed by atoms with Gasteiger partial charge in [-0.05, 0) is 39.7 Å². The summed E-state index contributed by atoms with van der Waals surface area (Å²) < 4.78 is 5.72. The van der Waals surface area contributed by atoms with Gasteiger partial charge in [0, 0.05) is 49.9 Å². The molecule has 1 saturated heterocycles. The second-order valence-electron chi connectivity index (χ2n) is 7.52. The maximum absolute atomic E-state index is 5.72. The van der Waals surface area contributed by atoms with Crippen LogP contribution in [-0.4, -0.2) is 47.6 Å². The number of hydrogen-bond donors (Lipinski definition) is 1. The molecule has 0 spiro atoms. The summed E-state index contributed by atoms with van der Waals surface area (Å²) in [6, 6.07) is 3.01. The Kier molecular flexibility index (Phi) is 4.38. The number of hydrogen-bond acceptors (Lipinski definition) is 4. The van der Waals surface area contributed by atoms with E-state index in [1.807, 2.05) is 6.26 Å². The molecule has 0 radical (unpaired) electrons. The van der Waals surface area contributed by atoms with Gasteiger partial charge in [-0.1, -0.05) is 0 Å². The molecule has 3 rings (SSSR count). The molecule has 1 aromatic rings. The summed E-state index contributed by atoms with van der Waals surface area (Å²) in [4.78, 5) is 5.18. The zero-order valence-electron chi connectivity index (χ0n) is 13.7. The first-order valence-corrected chi connectivity index (χ1v) is 8.28. The fourth-order valence-corrected chi connectivity index (χ4v) is 2.95. The number of rotatable bonds is 5. The van der Waals surface area contributed by atoms with Crippen LogP contribution in [0.4, 0.5) is 0 Å². The highest BCUT2D eigenvalue weighted by molar-refractivity contribution is 5.17. The number of piperazine rings is 1. The van der Waals surface area contributed by atoms with Crippen LogP contribution in [0.15, 0.2) is 16.7 Å². The lowest BCUT2D eigenvalue weighted by molar-refractivity contribution is 0.115. The molecule has 1 aromatic heterocycles. The molecule has 0 amide bonds. The predicted octanol–water partition coefficient (Wildman–Crippen LogP) is 2.45. The molecule has 1 aliphatic carbocycles. The second-order valence-corrected chi connectivity index (χ2v) is 7.52. The van der Waals surface area contributed by atoms with Crippen molar-refractivity contribution in [1.82, 2.24) is 15.1 Å². The summed E-state index contributed by atoms with van der Waals surface area (Å²) in [7, 11) is 0. The van der Waals surface area contributed by atoms with Gasteiger partial charge in [0.1, 0.15) is 5.76 Å². The summed E-state index contributed by atoms with van der Waals surface area (Å²) in [6.45, 7) is 13.2. The molecular formula is C17H29N3O. The predicted molar refractivity (Wildman–Crippen MR) is 85.2 cm³/mol. The number of nitrogens with one attached hydrogen (secondary N) is 1. The molecule has 2 aliphatic rings. The Labute approximate surface area is 128 Å².